The number of thioether (sulfide) groups is 1. The minimum atomic E-state index is 0.0810. The molecule has 0 aliphatic heterocycles. The summed E-state index contributed by atoms with van der Waals surface area (Å²) < 4.78 is 2.67. The predicted octanol–water partition coefficient (Wildman–Crippen LogP) is 3.11. The quantitative estimate of drug-likeness (QED) is 0.711. The van der Waals surface area contributed by atoms with Gasteiger partial charge in [-0.25, -0.2) is 4.68 Å². The van der Waals surface area contributed by atoms with Crippen molar-refractivity contribution in [1.82, 2.24) is 25.5 Å². The standard InChI is InChI=1S/C16H20BrN5OS/c1-22-16(19-20-21-22)24-10-9-14(23)18-15(11-3-2-4-11)12-5-7-13(17)8-6-12/h5-8,11,15H,2-4,9-10H2,1H3,(H,18,23). The molecule has 0 radical (unpaired) electrons. The van der Waals surface area contributed by atoms with E-state index in [-0.39, 0.29) is 11.9 Å². The summed E-state index contributed by atoms with van der Waals surface area (Å²) in [5.41, 5.74) is 1.18. The van der Waals surface area contributed by atoms with Crippen LogP contribution in [0.1, 0.15) is 37.3 Å². The number of hydrogen-bond acceptors (Lipinski definition) is 5. The second-order valence-corrected chi connectivity index (χ2v) is 7.95. The van der Waals surface area contributed by atoms with E-state index in [9.17, 15) is 4.79 Å². The van der Waals surface area contributed by atoms with Crippen molar-refractivity contribution in [2.45, 2.75) is 36.9 Å². The van der Waals surface area contributed by atoms with Gasteiger partial charge in [0.1, 0.15) is 0 Å². The maximum atomic E-state index is 12.4. The third-order valence-electron chi connectivity index (χ3n) is 4.31. The van der Waals surface area contributed by atoms with E-state index in [0.717, 1.165) is 9.63 Å². The molecule has 1 heterocycles. The van der Waals surface area contributed by atoms with Crippen molar-refractivity contribution in [3.63, 3.8) is 0 Å². The Morgan fingerprint density at radius 3 is 2.75 bits per heavy atom. The number of tetrazole rings is 1. The number of nitrogens with zero attached hydrogens (tertiary/aromatic N) is 4. The first-order valence-corrected chi connectivity index (χ1v) is 9.81. The largest absolute Gasteiger partial charge is 0.349 e. The second kappa shape index (κ2) is 8.11. The molecule has 8 heteroatoms. The molecule has 24 heavy (non-hydrogen) atoms. The number of carbonyl (C=O) groups is 1. The van der Waals surface area contributed by atoms with E-state index in [1.807, 2.05) is 12.1 Å². The van der Waals surface area contributed by atoms with Crippen molar-refractivity contribution in [2.75, 3.05) is 5.75 Å². The molecule has 128 valence electrons. The molecule has 0 bridgehead atoms. The van der Waals surface area contributed by atoms with E-state index >= 15 is 0 Å². The zero-order chi connectivity index (χ0) is 16.9. The molecular formula is C16H20BrN5OS. The summed E-state index contributed by atoms with van der Waals surface area (Å²) in [7, 11) is 1.79. The number of nitrogens with one attached hydrogen (secondary N) is 1. The van der Waals surface area contributed by atoms with Crippen LogP contribution in [0.2, 0.25) is 0 Å². The summed E-state index contributed by atoms with van der Waals surface area (Å²) in [6.07, 6.45) is 4.07. The molecule has 1 amide bonds. The SMILES string of the molecule is Cn1nnnc1SCCC(=O)NC(c1ccc(Br)cc1)C1CCC1. The third kappa shape index (κ3) is 4.36. The van der Waals surface area contributed by atoms with Crippen LogP contribution in [0.4, 0.5) is 0 Å². The van der Waals surface area contributed by atoms with Crippen molar-refractivity contribution in [1.29, 1.82) is 0 Å². The maximum Gasteiger partial charge on any atom is 0.221 e. The Morgan fingerprint density at radius 1 is 1.42 bits per heavy atom. The second-order valence-electron chi connectivity index (χ2n) is 5.97. The van der Waals surface area contributed by atoms with Gasteiger partial charge in [0, 0.05) is 23.7 Å². The molecular weight excluding hydrogens is 390 g/mol. The molecule has 2 aromatic rings. The summed E-state index contributed by atoms with van der Waals surface area (Å²) in [6, 6.07) is 8.36. The van der Waals surface area contributed by atoms with Gasteiger partial charge in [0.25, 0.3) is 0 Å². The van der Waals surface area contributed by atoms with Crippen LogP contribution in [0, 0.1) is 5.92 Å². The van der Waals surface area contributed by atoms with Crippen LogP contribution in [-0.4, -0.2) is 31.9 Å². The highest BCUT2D eigenvalue weighted by atomic mass is 79.9. The first-order chi connectivity index (χ1) is 11.6. The fourth-order valence-electron chi connectivity index (χ4n) is 2.74. The number of amides is 1. The summed E-state index contributed by atoms with van der Waals surface area (Å²) >= 11 is 4.96. The fourth-order valence-corrected chi connectivity index (χ4v) is 3.79. The van der Waals surface area contributed by atoms with Crippen molar-refractivity contribution < 1.29 is 4.79 Å². The molecule has 1 aliphatic carbocycles. The van der Waals surface area contributed by atoms with Gasteiger partial charge in [0.05, 0.1) is 6.04 Å². The lowest BCUT2D eigenvalue weighted by molar-refractivity contribution is -0.122. The van der Waals surface area contributed by atoms with Gasteiger partial charge in [-0.3, -0.25) is 4.79 Å². The van der Waals surface area contributed by atoms with Gasteiger partial charge < -0.3 is 5.32 Å². The van der Waals surface area contributed by atoms with E-state index < -0.39 is 0 Å². The Balaban J connectivity index is 1.55. The van der Waals surface area contributed by atoms with Crippen LogP contribution in [0.15, 0.2) is 33.9 Å². The maximum absolute atomic E-state index is 12.4. The molecule has 1 aromatic heterocycles. The van der Waals surface area contributed by atoms with Crippen LogP contribution in [0.25, 0.3) is 0 Å². The Kier molecular flexibility index (Phi) is 5.89. The van der Waals surface area contributed by atoms with Crippen molar-refractivity contribution in [3.8, 4) is 0 Å². The zero-order valence-corrected chi connectivity index (χ0v) is 15.9. The average Bonchev–Trinajstić information content (AvgIpc) is 2.91. The highest BCUT2D eigenvalue weighted by Crippen LogP contribution is 2.38. The summed E-state index contributed by atoms with van der Waals surface area (Å²) in [6.45, 7) is 0. The molecule has 1 fully saturated rings. The molecule has 1 unspecified atom stereocenters. The molecule has 0 saturated heterocycles. The van der Waals surface area contributed by atoms with Gasteiger partial charge in [0.15, 0.2) is 0 Å². The molecule has 0 spiro atoms. The first kappa shape index (κ1) is 17.4. The monoisotopic (exact) mass is 409 g/mol. The summed E-state index contributed by atoms with van der Waals surface area (Å²) in [5, 5.41) is 15.2. The van der Waals surface area contributed by atoms with Gasteiger partial charge in [-0.2, -0.15) is 0 Å². The van der Waals surface area contributed by atoms with Gasteiger partial charge in [-0.15, -0.1) is 5.10 Å². The number of hydrogen-bond donors (Lipinski definition) is 1. The van der Waals surface area contributed by atoms with Gasteiger partial charge in [-0.1, -0.05) is 46.2 Å². The number of benzene rings is 1. The number of rotatable bonds is 7. The minimum absolute atomic E-state index is 0.0810. The molecule has 1 saturated carbocycles. The number of carbonyl (C=O) groups excluding carboxylic acids is 1. The van der Waals surface area contributed by atoms with E-state index in [1.54, 1.807) is 11.7 Å². The Hall–Kier alpha value is -1.41. The van der Waals surface area contributed by atoms with E-state index in [4.69, 9.17) is 0 Å². The summed E-state index contributed by atoms with van der Waals surface area (Å²) in [4.78, 5) is 12.4. The van der Waals surface area contributed by atoms with Crippen LogP contribution >= 0.6 is 27.7 Å². The van der Waals surface area contributed by atoms with Crippen molar-refractivity contribution >= 4 is 33.6 Å². The highest BCUT2D eigenvalue weighted by molar-refractivity contribution is 9.10. The summed E-state index contributed by atoms with van der Waals surface area (Å²) in [5.74, 6) is 1.29. The van der Waals surface area contributed by atoms with E-state index in [1.165, 1.54) is 36.6 Å². The van der Waals surface area contributed by atoms with Crippen LogP contribution < -0.4 is 5.32 Å². The molecule has 1 atom stereocenters. The first-order valence-electron chi connectivity index (χ1n) is 8.03. The zero-order valence-electron chi connectivity index (χ0n) is 13.5. The van der Waals surface area contributed by atoms with Gasteiger partial charge in [-0.05, 0) is 46.9 Å². The Labute approximate surface area is 153 Å². The Bertz CT molecular complexity index is 686. The van der Waals surface area contributed by atoms with E-state index in [0.29, 0.717) is 18.1 Å². The average molecular weight is 410 g/mol. The molecule has 1 aromatic carbocycles. The lowest BCUT2D eigenvalue weighted by Crippen LogP contribution is -2.36. The van der Waals surface area contributed by atoms with Crippen LogP contribution in [0.3, 0.4) is 0 Å². The van der Waals surface area contributed by atoms with Crippen molar-refractivity contribution in [3.05, 3.63) is 34.3 Å². The predicted molar refractivity (Wildman–Crippen MR) is 96.5 cm³/mol. The smallest absolute Gasteiger partial charge is 0.221 e. The van der Waals surface area contributed by atoms with Crippen molar-refractivity contribution in [2.24, 2.45) is 13.0 Å². The van der Waals surface area contributed by atoms with Gasteiger partial charge >= 0.3 is 0 Å². The van der Waals surface area contributed by atoms with Gasteiger partial charge in [0.2, 0.25) is 11.1 Å². The molecule has 6 nitrogen and oxygen atoms in total. The number of aromatic nitrogens is 4. The Morgan fingerprint density at radius 2 is 2.17 bits per heavy atom. The third-order valence-corrected chi connectivity index (χ3v) is 5.85. The highest BCUT2D eigenvalue weighted by Gasteiger charge is 2.29. The van der Waals surface area contributed by atoms with Crippen LogP contribution in [0.5, 0.6) is 0 Å². The molecule has 1 aliphatic rings. The topological polar surface area (TPSA) is 72.7 Å². The number of aryl methyl sites for hydroxylation is 1. The van der Waals surface area contributed by atoms with Crippen LogP contribution in [-0.2, 0) is 11.8 Å². The number of halogens is 1. The minimum Gasteiger partial charge on any atom is -0.349 e. The molecule has 3 rings (SSSR count). The lowest BCUT2D eigenvalue weighted by Gasteiger charge is -2.34. The van der Waals surface area contributed by atoms with E-state index in [2.05, 4.69) is 48.9 Å². The fraction of sp³-hybridized carbons (Fsp3) is 0.500. The molecule has 1 N–H and O–H groups in total. The lowest BCUT2D eigenvalue weighted by atomic mass is 9.77. The normalized spacial score (nSPS) is 15.8.